The summed E-state index contributed by atoms with van der Waals surface area (Å²) in [5.74, 6) is 0.818. The highest BCUT2D eigenvalue weighted by Gasteiger charge is 2.28. The molecule has 14 aromatic rings. The molecule has 15 rings (SSSR count). The summed E-state index contributed by atoms with van der Waals surface area (Å²) in [6, 6.07) is 72.9. The Balaban J connectivity index is 1.10. The summed E-state index contributed by atoms with van der Waals surface area (Å²) in [6.07, 6.45) is 0. The summed E-state index contributed by atoms with van der Waals surface area (Å²) >= 11 is 1.71. The van der Waals surface area contributed by atoms with Crippen LogP contribution in [0.15, 0.2) is 200 Å². The van der Waals surface area contributed by atoms with E-state index >= 15 is 0 Å². The molecule has 1 aliphatic rings. The highest BCUT2D eigenvalue weighted by atomic mass is 32.1. The monoisotopic (exact) mass is 831 g/mol. The molecule has 0 radical (unpaired) electrons. The third-order valence-corrected chi connectivity index (χ3v) is 14.7. The number of hydrogen-bond acceptors (Lipinski definition) is 3. The van der Waals surface area contributed by atoms with Crippen molar-refractivity contribution in [3.8, 4) is 50.7 Å². The lowest BCUT2D eigenvalue weighted by Crippen LogP contribution is -2.03. The maximum absolute atomic E-state index is 5.76. The molecule has 0 unspecified atom stereocenters. The maximum atomic E-state index is 5.76. The molecule has 64 heavy (non-hydrogen) atoms. The van der Waals surface area contributed by atoms with Gasteiger partial charge in [0.25, 0.3) is 0 Å². The van der Waals surface area contributed by atoms with E-state index in [-0.39, 0.29) is 0 Å². The van der Waals surface area contributed by atoms with Crippen molar-refractivity contribution < 1.29 is 0 Å². The topological polar surface area (TPSA) is 40.6 Å². The van der Waals surface area contributed by atoms with Gasteiger partial charge >= 0.3 is 0 Å². The van der Waals surface area contributed by atoms with Gasteiger partial charge < -0.3 is 9.13 Å². The third-order valence-electron chi connectivity index (χ3n) is 13.6. The van der Waals surface area contributed by atoms with Crippen molar-refractivity contribution in [2.75, 3.05) is 0 Å². The van der Waals surface area contributed by atoms with Crippen LogP contribution in [0.2, 0.25) is 0 Å². The number of rotatable bonds is 3. The lowest BCUT2D eigenvalue weighted by Gasteiger charge is -2.14. The van der Waals surface area contributed by atoms with E-state index in [2.05, 4.69) is 214 Å². The van der Waals surface area contributed by atoms with Crippen LogP contribution < -0.4 is 0 Å². The molecule has 0 saturated heterocycles. The van der Waals surface area contributed by atoms with Crippen LogP contribution in [0.4, 0.5) is 0 Å². The van der Waals surface area contributed by atoms with Gasteiger partial charge in [-0.15, -0.1) is 11.3 Å². The molecule has 0 fully saturated rings. The first-order valence-corrected chi connectivity index (χ1v) is 22.6. The Morgan fingerprint density at radius 3 is 1.78 bits per heavy atom. The minimum atomic E-state index is 0.818. The van der Waals surface area contributed by atoms with E-state index in [1.165, 1.54) is 70.6 Å². The van der Waals surface area contributed by atoms with Crippen molar-refractivity contribution in [3.63, 3.8) is 0 Å². The molecule has 0 amide bonds. The number of aromatic nitrogens is 5. The third kappa shape index (κ3) is 4.46. The van der Waals surface area contributed by atoms with Crippen LogP contribution in [0, 0.1) is 0 Å². The second-order valence-electron chi connectivity index (χ2n) is 16.9. The number of nitrogens with zero attached hydrogens (tertiary/aromatic N) is 5. The normalized spacial score (nSPS) is 12.4. The Bertz CT molecular complexity index is 4320. The fourth-order valence-corrected chi connectivity index (χ4v) is 12.0. The van der Waals surface area contributed by atoms with Crippen LogP contribution in [0.5, 0.6) is 0 Å². The maximum Gasteiger partial charge on any atom is 0.166 e. The summed E-state index contributed by atoms with van der Waals surface area (Å²) in [4.78, 5) is 12.4. The molecule has 0 atom stereocenters. The van der Waals surface area contributed by atoms with Crippen LogP contribution in [0.25, 0.3) is 137 Å². The van der Waals surface area contributed by atoms with E-state index in [4.69, 9.17) is 9.97 Å². The van der Waals surface area contributed by atoms with Crippen molar-refractivity contribution in [3.05, 3.63) is 200 Å². The van der Waals surface area contributed by atoms with Gasteiger partial charge in [0.2, 0.25) is 0 Å². The zero-order chi connectivity index (χ0) is 41.6. The number of thiophene rings is 1. The summed E-state index contributed by atoms with van der Waals surface area (Å²) in [5.41, 5.74) is 17.0. The summed E-state index contributed by atoms with van der Waals surface area (Å²) in [6.45, 7) is 0. The number of hydrogen-bond donors (Lipinski definition) is 0. The van der Waals surface area contributed by atoms with Gasteiger partial charge in [0.1, 0.15) is 16.0 Å². The van der Waals surface area contributed by atoms with Crippen LogP contribution in [-0.2, 0) is 0 Å². The SMILES string of the molecule is c1ccc(-n2c3ccccc3c3c(-c4nc5c(nc4-n4c6ccccc6c6cc7c(cc64)c4cccc6c4n7-c4ccccc4-c4ccccc4-6)sc4ccccc45)cccc32)cc1. The van der Waals surface area contributed by atoms with Crippen LogP contribution in [0.3, 0.4) is 0 Å². The van der Waals surface area contributed by atoms with Crippen molar-refractivity contribution in [1.82, 2.24) is 23.7 Å². The first-order chi connectivity index (χ1) is 31.8. The highest BCUT2D eigenvalue weighted by Crippen LogP contribution is 2.49. The van der Waals surface area contributed by atoms with Crippen molar-refractivity contribution in [2.24, 2.45) is 0 Å². The summed E-state index contributed by atoms with van der Waals surface area (Å²) < 4.78 is 8.47. The Morgan fingerprint density at radius 2 is 0.938 bits per heavy atom. The Hall–Kier alpha value is -8.32. The van der Waals surface area contributed by atoms with Gasteiger partial charge in [-0.1, -0.05) is 146 Å². The van der Waals surface area contributed by atoms with E-state index in [0.717, 1.165) is 65.9 Å². The quantitative estimate of drug-likeness (QED) is 0.178. The number of fused-ring (bicyclic) bond motifs is 17. The molecule has 9 aromatic carbocycles. The fourth-order valence-electron chi connectivity index (χ4n) is 11.0. The average molecular weight is 832 g/mol. The molecule has 296 valence electrons. The zero-order valence-electron chi connectivity index (χ0n) is 34.2. The molecule has 5 aromatic heterocycles. The van der Waals surface area contributed by atoms with Gasteiger partial charge in [-0.2, -0.15) is 0 Å². The van der Waals surface area contributed by atoms with Gasteiger partial charge in [0.05, 0.1) is 38.8 Å². The molecule has 0 N–H and O–H groups in total. The van der Waals surface area contributed by atoms with Crippen molar-refractivity contribution in [1.29, 1.82) is 0 Å². The van der Waals surface area contributed by atoms with Crippen LogP contribution in [-0.4, -0.2) is 23.7 Å². The van der Waals surface area contributed by atoms with Gasteiger partial charge in [-0.25, -0.2) is 9.97 Å². The Labute approximate surface area is 370 Å². The predicted octanol–water partition coefficient (Wildman–Crippen LogP) is 15.5. The Morgan fingerprint density at radius 1 is 0.359 bits per heavy atom. The molecule has 1 aliphatic heterocycles. The van der Waals surface area contributed by atoms with Gasteiger partial charge in [-0.3, -0.25) is 4.57 Å². The molecule has 5 nitrogen and oxygen atoms in total. The average Bonchev–Trinajstić information content (AvgIpc) is 4.07. The van der Waals surface area contributed by atoms with E-state index < -0.39 is 0 Å². The Kier molecular flexibility index (Phi) is 6.77. The highest BCUT2D eigenvalue weighted by molar-refractivity contribution is 7.25. The summed E-state index contributed by atoms with van der Waals surface area (Å²) in [7, 11) is 0. The van der Waals surface area contributed by atoms with Gasteiger partial charge in [0, 0.05) is 64.8 Å². The number of benzene rings is 9. The van der Waals surface area contributed by atoms with Crippen molar-refractivity contribution >= 4 is 97.2 Å². The predicted molar refractivity (Wildman–Crippen MR) is 268 cm³/mol. The lowest BCUT2D eigenvalue weighted by molar-refractivity contribution is 1.09. The molecular formula is C58H33N5S. The molecule has 0 spiro atoms. The molecule has 0 saturated carbocycles. The van der Waals surface area contributed by atoms with Crippen LogP contribution >= 0.6 is 11.3 Å². The van der Waals surface area contributed by atoms with E-state index in [0.29, 0.717) is 0 Å². The van der Waals surface area contributed by atoms with Gasteiger partial charge in [0.15, 0.2) is 5.82 Å². The largest absolute Gasteiger partial charge is 0.309 e. The number of para-hydroxylation sites is 5. The molecule has 0 aliphatic carbocycles. The fraction of sp³-hybridized carbons (Fsp3) is 0. The smallest absolute Gasteiger partial charge is 0.166 e. The zero-order valence-corrected chi connectivity index (χ0v) is 35.0. The minimum Gasteiger partial charge on any atom is -0.309 e. The second-order valence-corrected chi connectivity index (χ2v) is 17.9. The van der Waals surface area contributed by atoms with E-state index in [1.54, 1.807) is 11.3 Å². The molecular weight excluding hydrogens is 799 g/mol. The lowest BCUT2D eigenvalue weighted by atomic mass is 9.94. The van der Waals surface area contributed by atoms with Crippen molar-refractivity contribution in [2.45, 2.75) is 0 Å². The first kappa shape index (κ1) is 34.3. The molecule has 6 heterocycles. The minimum absolute atomic E-state index is 0.818. The van der Waals surface area contributed by atoms with Crippen LogP contribution in [0.1, 0.15) is 0 Å². The summed E-state index contributed by atoms with van der Waals surface area (Å²) in [5, 5.41) is 8.23. The standard InChI is InChI=1S/C58H33N5S/c1-2-16-34(17-3-1)61-48-29-12-8-22-41(48)53-43(26-15-30-49(53)61)54-57(60-58-55(59-54)42-23-9-13-31-52(42)64-58)63-47-28-11-7-21-38(47)44-32-50-45(33-51(44)63)40-25-14-24-39-36-19-5-4-18-35(36)37-20-6-10-27-46(37)62(50)56(39)40/h1-33H. The van der Waals surface area contributed by atoms with Gasteiger partial charge in [-0.05, 0) is 65.7 Å². The first-order valence-electron chi connectivity index (χ1n) is 21.8. The van der Waals surface area contributed by atoms with E-state index in [9.17, 15) is 0 Å². The molecule has 0 bridgehead atoms. The van der Waals surface area contributed by atoms with E-state index in [1.807, 2.05) is 0 Å². The molecule has 6 heteroatoms. The second kappa shape index (κ2) is 12.6.